The number of anilines is 1. The lowest BCUT2D eigenvalue weighted by atomic mass is 10.1. The van der Waals surface area contributed by atoms with E-state index in [-0.39, 0.29) is 5.91 Å². The van der Waals surface area contributed by atoms with Crippen molar-refractivity contribution in [3.63, 3.8) is 0 Å². The van der Waals surface area contributed by atoms with Crippen molar-refractivity contribution in [1.82, 2.24) is 9.78 Å². The molecule has 0 atom stereocenters. The number of para-hydroxylation sites is 1. The quantitative estimate of drug-likeness (QED) is 0.459. The first kappa shape index (κ1) is 19.6. The first-order chi connectivity index (χ1) is 14.4. The van der Waals surface area contributed by atoms with E-state index in [4.69, 9.17) is 5.10 Å². The summed E-state index contributed by atoms with van der Waals surface area (Å²) in [7, 11) is 0. The predicted molar refractivity (Wildman–Crippen MR) is 122 cm³/mol. The van der Waals surface area contributed by atoms with E-state index in [9.17, 15) is 4.79 Å². The third-order valence-corrected chi connectivity index (χ3v) is 5.27. The zero-order chi connectivity index (χ0) is 21.3. The maximum atomic E-state index is 13.1. The number of rotatable bonds is 4. The molecule has 0 saturated carbocycles. The molecule has 4 nitrogen and oxygen atoms in total. The van der Waals surface area contributed by atoms with Gasteiger partial charge in [-0.3, -0.25) is 4.79 Å². The molecular weight excluding hydrogens is 370 g/mol. The fourth-order valence-corrected chi connectivity index (χ4v) is 3.46. The summed E-state index contributed by atoms with van der Waals surface area (Å²) in [6.07, 6.45) is 0. The van der Waals surface area contributed by atoms with Gasteiger partial charge in [-0.25, -0.2) is 4.68 Å². The van der Waals surface area contributed by atoms with Gasteiger partial charge in [-0.05, 0) is 62.6 Å². The Morgan fingerprint density at radius 3 is 2.23 bits per heavy atom. The highest BCUT2D eigenvalue weighted by molar-refractivity contribution is 6.04. The summed E-state index contributed by atoms with van der Waals surface area (Å²) in [5, 5.41) is 7.71. The predicted octanol–water partition coefficient (Wildman–Crippen LogP) is 6.03. The number of carbonyl (C=O) groups is 1. The van der Waals surface area contributed by atoms with Crippen molar-refractivity contribution in [2.45, 2.75) is 27.7 Å². The van der Waals surface area contributed by atoms with Crippen LogP contribution in [0.4, 0.5) is 5.69 Å². The molecule has 0 aliphatic rings. The molecular formula is C26H25N3O. The lowest BCUT2D eigenvalue weighted by Crippen LogP contribution is -2.14. The summed E-state index contributed by atoms with van der Waals surface area (Å²) < 4.78 is 1.86. The van der Waals surface area contributed by atoms with Crippen LogP contribution in [0.3, 0.4) is 0 Å². The highest BCUT2D eigenvalue weighted by Gasteiger charge is 2.18. The molecule has 0 unspecified atom stereocenters. The molecule has 0 aliphatic carbocycles. The zero-order valence-corrected chi connectivity index (χ0v) is 17.7. The molecule has 0 aliphatic heterocycles. The molecule has 0 spiro atoms. The van der Waals surface area contributed by atoms with Gasteiger partial charge in [0, 0.05) is 11.3 Å². The normalized spacial score (nSPS) is 10.8. The van der Waals surface area contributed by atoms with Crippen LogP contribution < -0.4 is 5.32 Å². The van der Waals surface area contributed by atoms with Gasteiger partial charge in [0.2, 0.25) is 0 Å². The summed E-state index contributed by atoms with van der Waals surface area (Å²) in [5.41, 5.74) is 8.45. The molecule has 1 heterocycles. The van der Waals surface area contributed by atoms with Crippen LogP contribution in [0.5, 0.6) is 0 Å². The second-order valence-corrected chi connectivity index (χ2v) is 7.75. The third kappa shape index (κ3) is 3.90. The Hall–Kier alpha value is -3.66. The Morgan fingerprint density at radius 1 is 0.800 bits per heavy atom. The summed E-state index contributed by atoms with van der Waals surface area (Å²) in [6.45, 7) is 8.10. The number of hydrogen-bond donors (Lipinski definition) is 1. The van der Waals surface area contributed by atoms with E-state index in [1.807, 2.05) is 74.0 Å². The van der Waals surface area contributed by atoms with E-state index in [0.29, 0.717) is 5.69 Å². The van der Waals surface area contributed by atoms with E-state index >= 15 is 0 Å². The van der Waals surface area contributed by atoms with Crippen molar-refractivity contribution >= 4 is 11.6 Å². The minimum atomic E-state index is -0.218. The summed E-state index contributed by atoms with van der Waals surface area (Å²) in [6, 6.07) is 24.2. The van der Waals surface area contributed by atoms with E-state index in [0.717, 1.165) is 39.3 Å². The second-order valence-electron chi connectivity index (χ2n) is 7.75. The van der Waals surface area contributed by atoms with Gasteiger partial charge in [0.25, 0.3) is 5.91 Å². The summed E-state index contributed by atoms with van der Waals surface area (Å²) in [5.74, 6) is -0.218. The molecule has 3 aromatic carbocycles. The van der Waals surface area contributed by atoms with Crippen LogP contribution in [0.1, 0.15) is 32.7 Å². The Kier molecular flexibility index (Phi) is 5.23. The van der Waals surface area contributed by atoms with Gasteiger partial charge in [-0.15, -0.1) is 0 Å². The van der Waals surface area contributed by atoms with Crippen LogP contribution in [-0.4, -0.2) is 15.7 Å². The largest absolute Gasteiger partial charge is 0.320 e. The Bertz CT molecular complexity index is 1220. The highest BCUT2D eigenvalue weighted by atomic mass is 16.2. The third-order valence-electron chi connectivity index (χ3n) is 5.27. The Labute approximate surface area is 177 Å². The molecule has 0 saturated heterocycles. The van der Waals surface area contributed by atoms with Gasteiger partial charge in [0.1, 0.15) is 0 Å². The van der Waals surface area contributed by atoms with E-state index < -0.39 is 0 Å². The molecule has 0 fully saturated rings. The number of nitrogens with one attached hydrogen (secondary N) is 1. The number of amides is 1. The SMILES string of the molecule is Cc1ccc(-c2cc(C(=O)Nc3cc(C)ccc3C)nn2-c2ccccc2C)cc1. The molecule has 4 aromatic rings. The van der Waals surface area contributed by atoms with Crippen molar-refractivity contribution in [2.75, 3.05) is 5.32 Å². The first-order valence-electron chi connectivity index (χ1n) is 10.0. The van der Waals surface area contributed by atoms with Crippen LogP contribution in [0.15, 0.2) is 72.8 Å². The van der Waals surface area contributed by atoms with Gasteiger partial charge in [-0.2, -0.15) is 5.10 Å². The number of hydrogen-bond acceptors (Lipinski definition) is 2. The van der Waals surface area contributed by atoms with Gasteiger partial charge < -0.3 is 5.32 Å². The molecule has 1 aromatic heterocycles. The van der Waals surface area contributed by atoms with Crippen LogP contribution in [0, 0.1) is 27.7 Å². The number of aromatic nitrogens is 2. The van der Waals surface area contributed by atoms with Crippen molar-refractivity contribution < 1.29 is 4.79 Å². The second kappa shape index (κ2) is 7.99. The average molecular weight is 396 g/mol. The van der Waals surface area contributed by atoms with Crippen LogP contribution in [0.2, 0.25) is 0 Å². The standard InChI is InChI=1S/C26H25N3O/c1-17-10-13-21(14-11-17)25-16-23(28-29(25)24-8-6-5-7-20(24)4)26(30)27-22-15-18(2)9-12-19(22)3/h5-16H,1-4H3,(H,27,30). The van der Waals surface area contributed by atoms with E-state index in [1.165, 1.54) is 5.56 Å². The van der Waals surface area contributed by atoms with Crippen LogP contribution in [-0.2, 0) is 0 Å². The topological polar surface area (TPSA) is 46.9 Å². The lowest BCUT2D eigenvalue weighted by molar-refractivity contribution is 0.102. The molecule has 1 amide bonds. The molecule has 0 radical (unpaired) electrons. The van der Waals surface area contributed by atoms with Crippen molar-refractivity contribution in [3.05, 3.63) is 101 Å². The summed E-state index contributed by atoms with van der Waals surface area (Å²) in [4.78, 5) is 13.1. The van der Waals surface area contributed by atoms with Crippen LogP contribution in [0.25, 0.3) is 16.9 Å². The van der Waals surface area contributed by atoms with Gasteiger partial charge >= 0.3 is 0 Å². The highest BCUT2D eigenvalue weighted by Crippen LogP contribution is 2.27. The fraction of sp³-hybridized carbons (Fsp3) is 0.154. The Morgan fingerprint density at radius 2 is 1.50 bits per heavy atom. The number of benzene rings is 3. The molecule has 4 heteroatoms. The molecule has 1 N–H and O–H groups in total. The Balaban J connectivity index is 1.79. The van der Waals surface area contributed by atoms with Gasteiger partial charge in [0.15, 0.2) is 5.69 Å². The van der Waals surface area contributed by atoms with E-state index in [1.54, 1.807) is 0 Å². The average Bonchev–Trinajstić information content (AvgIpc) is 3.17. The first-order valence-corrected chi connectivity index (χ1v) is 10.0. The number of nitrogens with zero attached hydrogens (tertiary/aromatic N) is 2. The molecule has 150 valence electrons. The molecule has 30 heavy (non-hydrogen) atoms. The van der Waals surface area contributed by atoms with Crippen molar-refractivity contribution in [1.29, 1.82) is 0 Å². The summed E-state index contributed by atoms with van der Waals surface area (Å²) >= 11 is 0. The lowest BCUT2D eigenvalue weighted by Gasteiger charge is -2.10. The molecule has 4 rings (SSSR count). The minimum absolute atomic E-state index is 0.218. The molecule has 0 bridgehead atoms. The smallest absolute Gasteiger partial charge is 0.276 e. The maximum Gasteiger partial charge on any atom is 0.276 e. The monoisotopic (exact) mass is 395 g/mol. The van der Waals surface area contributed by atoms with Crippen molar-refractivity contribution in [2.24, 2.45) is 0 Å². The van der Waals surface area contributed by atoms with Gasteiger partial charge in [-0.1, -0.05) is 60.2 Å². The minimum Gasteiger partial charge on any atom is -0.320 e. The van der Waals surface area contributed by atoms with E-state index in [2.05, 4.69) is 36.5 Å². The van der Waals surface area contributed by atoms with Crippen molar-refractivity contribution in [3.8, 4) is 16.9 Å². The zero-order valence-electron chi connectivity index (χ0n) is 17.7. The van der Waals surface area contributed by atoms with Crippen LogP contribution >= 0.6 is 0 Å². The number of carbonyl (C=O) groups excluding carboxylic acids is 1. The van der Waals surface area contributed by atoms with Gasteiger partial charge in [0.05, 0.1) is 11.4 Å². The number of aryl methyl sites for hydroxylation is 4. The maximum absolute atomic E-state index is 13.1. The fourth-order valence-electron chi connectivity index (χ4n) is 3.46.